The lowest BCUT2D eigenvalue weighted by atomic mass is 9.88. The summed E-state index contributed by atoms with van der Waals surface area (Å²) in [5, 5.41) is 3.34. The Balaban J connectivity index is 1.62. The summed E-state index contributed by atoms with van der Waals surface area (Å²) in [6.45, 7) is 3.32. The van der Waals surface area contributed by atoms with Crippen molar-refractivity contribution in [2.45, 2.75) is 44.8 Å². The van der Waals surface area contributed by atoms with Gasteiger partial charge in [-0.3, -0.25) is 0 Å². The highest BCUT2D eigenvalue weighted by molar-refractivity contribution is 5.45. The largest absolute Gasteiger partial charge is 0.454 e. The van der Waals surface area contributed by atoms with Crippen molar-refractivity contribution in [2.75, 3.05) is 20.4 Å². The van der Waals surface area contributed by atoms with E-state index in [0.29, 0.717) is 25.4 Å². The van der Waals surface area contributed by atoms with Gasteiger partial charge >= 0.3 is 0 Å². The highest BCUT2D eigenvalue weighted by Crippen LogP contribution is 2.34. The van der Waals surface area contributed by atoms with E-state index in [-0.39, 0.29) is 6.04 Å². The first kappa shape index (κ1) is 14.7. The van der Waals surface area contributed by atoms with E-state index in [1.165, 1.54) is 31.2 Å². The minimum atomic E-state index is 0.189. The molecule has 1 saturated carbocycles. The quantitative estimate of drug-likeness (QED) is 0.904. The molecule has 3 atom stereocenters. The van der Waals surface area contributed by atoms with E-state index in [1.807, 2.05) is 13.1 Å². The second kappa shape index (κ2) is 6.67. The first-order valence-electron chi connectivity index (χ1n) is 7.96. The van der Waals surface area contributed by atoms with Gasteiger partial charge in [-0.15, -0.1) is 0 Å². The van der Waals surface area contributed by atoms with Gasteiger partial charge in [-0.05, 0) is 43.5 Å². The maximum Gasteiger partial charge on any atom is 0.231 e. The molecule has 0 amide bonds. The maximum atomic E-state index is 6.19. The van der Waals surface area contributed by atoms with Crippen molar-refractivity contribution in [3.63, 3.8) is 0 Å². The van der Waals surface area contributed by atoms with Crippen LogP contribution in [0.1, 0.15) is 44.2 Å². The Kier molecular flexibility index (Phi) is 4.66. The Bertz CT molecular complexity index is 477. The van der Waals surface area contributed by atoms with Gasteiger partial charge in [0.25, 0.3) is 0 Å². The third-order valence-corrected chi connectivity index (χ3v) is 4.66. The van der Waals surface area contributed by atoms with Crippen molar-refractivity contribution < 1.29 is 14.2 Å². The molecule has 21 heavy (non-hydrogen) atoms. The van der Waals surface area contributed by atoms with Gasteiger partial charge in [0.2, 0.25) is 6.79 Å². The summed E-state index contributed by atoms with van der Waals surface area (Å²) < 4.78 is 17.0. The Labute approximate surface area is 126 Å². The molecular formula is C17H25NO3. The number of benzene rings is 1. The average molecular weight is 291 g/mol. The molecule has 2 aliphatic rings. The summed E-state index contributed by atoms with van der Waals surface area (Å²) in [7, 11) is 1.98. The molecule has 3 unspecified atom stereocenters. The van der Waals surface area contributed by atoms with Gasteiger partial charge in [-0.25, -0.2) is 0 Å². The van der Waals surface area contributed by atoms with E-state index in [1.54, 1.807) is 0 Å². The molecule has 1 aliphatic carbocycles. The highest BCUT2D eigenvalue weighted by Gasteiger charge is 2.24. The standard InChI is InChI=1S/C17H25NO3/c1-12-5-3-4-6-15(12)19-10-14(18-2)13-7-8-16-17(9-13)21-11-20-16/h7-9,12,14-15,18H,3-6,10-11H2,1-2H3. The van der Waals surface area contributed by atoms with Crippen LogP contribution in [0.4, 0.5) is 0 Å². The molecule has 1 aromatic rings. The minimum absolute atomic E-state index is 0.189. The smallest absolute Gasteiger partial charge is 0.231 e. The molecule has 0 saturated heterocycles. The van der Waals surface area contributed by atoms with Crippen LogP contribution in [0.2, 0.25) is 0 Å². The summed E-state index contributed by atoms with van der Waals surface area (Å²) in [5.41, 5.74) is 1.19. The second-order valence-electron chi connectivity index (χ2n) is 6.09. The van der Waals surface area contributed by atoms with Crippen molar-refractivity contribution in [2.24, 2.45) is 5.92 Å². The number of hydrogen-bond acceptors (Lipinski definition) is 4. The highest BCUT2D eigenvalue weighted by atomic mass is 16.7. The lowest BCUT2D eigenvalue weighted by Crippen LogP contribution is -2.30. The summed E-state index contributed by atoms with van der Waals surface area (Å²) in [6, 6.07) is 6.30. The molecule has 4 nitrogen and oxygen atoms in total. The van der Waals surface area contributed by atoms with E-state index >= 15 is 0 Å². The lowest BCUT2D eigenvalue weighted by molar-refractivity contribution is -0.0145. The average Bonchev–Trinajstić information content (AvgIpc) is 2.97. The topological polar surface area (TPSA) is 39.7 Å². The van der Waals surface area contributed by atoms with Crippen LogP contribution in [-0.4, -0.2) is 26.6 Å². The van der Waals surface area contributed by atoms with Gasteiger partial charge in [0, 0.05) is 0 Å². The van der Waals surface area contributed by atoms with E-state index in [2.05, 4.69) is 24.4 Å². The fourth-order valence-corrected chi connectivity index (χ4v) is 3.23. The first-order chi connectivity index (χ1) is 10.3. The Morgan fingerprint density at radius 3 is 2.86 bits per heavy atom. The number of ether oxygens (including phenoxy) is 3. The predicted molar refractivity (Wildman–Crippen MR) is 81.7 cm³/mol. The van der Waals surface area contributed by atoms with E-state index < -0.39 is 0 Å². The van der Waals surface area contributed by atoms with Crippen molar-refractivity contribution in [3.8, 4) is 11.5 Å². The summed E-state index contributed by atoms with van der Waals surface area (Å²) in [6.07, 6.45) is 5.53. The third kappa shape index (κ3) is 3.33. The summed E-state index contributed by atoms with van der Waals surface area (Å²) in [5.74, 6) is 2.34. The zero-order valence-corrected chi connectivity index (χ0v) is 12.9. The second-order valence-corrected chi connectivity index (χ2v) is 6.09. The number of fused-ring (bicyclic) bond motifs is 1. The van der Waals surface area contributed by atoms with E-state index in [9.17, 15) is 0 Å². The fourth-order valence-electron chi connectivity index (χ4n) is 3.23. The van der Waals surface area contributed by atoms with Gasteiger partial charge in [-0.2, -0.15) is 0 Å². The lowest BCUT2D eigenvalue weighted by Gasteiger charge is -2.30. The van der Waals surface area contributed by atoms with Gasteiger partial charge in [0.15, 0.2) is 11.5 Å². The van der Waals surface area contributed by atoms with Crippen LogP contribution in [0, 0.1) is 5.92 Å². The number of likely N-dealkylation sites (N-methyl/N-ethyl adjacent to an activating group) is 1. The first-order valence-corrected chi connectivity index (χ1v) is 7.96. The van der Waals surface area contributed by atoms with Gasteiger partial charge in [0.1, 0.15) is 0 Å². The van der Waals surface area contributed by atoms with Crippen LogP contribution in [0.25, 0.3) is 0 Å². The van der Waals surface area contributed by atoms with Gasteiger partial charge in [0.05, 0.1) is 18.8 Å². The van der Waals surface area contributed by atoms with Crippen LogP contribution in [0.3, 0.4) is 0 Å². The molecule has 0 aromatic heterocycles. The van der Waals surface area contributed by atoms with Crippen molar-refractivity contribution in [1.82, 2.24) is 5.32 Å². The van der Waals surface area contributed by atoms with Crippen molar-refractivity contribution >= 4 is 0 Å². The van der Waals surface area contributed by atoms with Gasteiger partial charge < -0.3 is 19.5 Å². The minimum Gasteiger partial charge on any atom is -0.454 e. The fraction of sp³-hybridized carbons (Fsp3) is 0.647. The normalized spacial score (nSPS) is 25.8. The van der Waals surface area contributed by atoms with Crippen molar-refractivity contribution in [3.05, 3.63) is 23.8 Å². The summed E-state index contributed by atoms with van der Waals surface area (Å²) in [4.78, 5) is 0. The van der Waals surface area contributed by atoms with Gasteiger partial charge in [-0.1, -0.05) is 25.8 Å². The van der Waals surface area contributed by atoms with Crippen molar-refractivity contribution in [1.29, 1.82) is 0 Å². The molecule has 1 N–H and O–H groups in total. The van der Waals surface area contributed by atoms with Crippen LogP contribution in [-0.2, 0) is 4.74 Å². The van der Waals surface area contributed by atoms with E-state index in [4.69, 9.17) is 14.2 Å². The number of rotatable bonds is 5. The molecule has 116 valence electrons. The maximum absolute atomic E-state index is 6.19. The zero-order valence-electron chi connectivity index (χ0n) is 12.9. The predicted octanol–water partition coefficient (Wildman–Crippen LogP) is 3.27. The molecule has 3 rings (SSSR count). The van der Waals surface area contributed by atoms with Crippen LogP contribution in [0.15, 0.2) is 18.2 Å². The Hall–Kier alpha value is -1.26. The Morgan fingerprint density at radius 2 is 2.05 bits per heavy atom. The van der Waals surface area contributed by atoms with Crippen LogP contribution >= 0.6 is 0 Å². The molecule has 0 bridgehead atoms. The molecular weight excluding hydrogens is 266 g/mol. The van der Waals surface area contributed by atoms with Crippen LogP contribution in [0.5, 0.6) is 11.5 Å². The monoisotopic (exact) mass is 291 g/mol. The van der Waals surface area contributed by atoms with Crippen LogP contribution < -0.4 is 14.8 Å². The molecule has 0 radical (unpaired) electrons. The third-order valence-electron chi connectivity index (χ3n) is 4.66. The molecule has 0 spiro atoms. The Morgan fingerprint density at radius 1 is 1.24 bits per heavy atom. The zero-order chi connectivity index (χ0) is 14.7. The number of hydrogen-bond donors (Lipinski definition) is 1. The van der Waals surface area contributed by atoms with E-state index in [0.717, 1.165) is 11.5 Å². The number of nitrogens with one attached hydrogen (secondary N) is 1. The molecule has 1 fully saturated rings. The molecule has 1 aliphatic heterocycles. The molecule has 1 heterocycles. The molecule has 1 aromatic carbocycles. The molecule has 4 heteroatoms. The summed E-state index contributed by atoms with van der Waals surface area (Å²) >= 11 is 0. The SMILES string of the molecule is CNC(COC1CCCCC1C)c1ccc2c(c1)OCO2.